The second-order valence-electron chi connectivity index (χ2n) is 8.89. The third kappa shape index (κ3) is 5.79. The number of aromatic hydroxyl groups is 1. The highest BCUT2D eigenvalue weighted by Gasteiger charge is 2.43. The van der Waals surface area contributed by atoms with Crippen molar-refractivity contribution in [3.05, 3.63) is 71.2 Å². The van der Waals surface area contributed by atoms with Crippen molar-refractivity contribution in [3.8, 4) is 5.75 Å². The first kappa shape index (κ1) is 27.8. The molecule has 37 heavy (non-hydrogen) atoms. The number of aliphatic carboxylic acids is 2. The van der Waals surface area contributed by atoms with Crippen molar-refractivity contribution in [2.24, 2.45) is 0 Å². The molecule has 5 rings (SSSR count). The van der Waals surface area contributed by atoms with Gasteiger partial charge >= 0.3 is 11.9 Å². The Morgan fingerprint density at radius 3 is 2.46 bits per heavy atom. The Kier molecular flexibility index (Phi) is 8.64. The van der Waals surface area contributed by atoms with Gasteiger partial charge in [-0.05, 0) is 54.7 Å². The number of carbonyl (C=O) groups is 2. The molecule has 2 aromatic carbocycles. The van der Waals surface area contributed by atoms with Gasteiger partial charge in [0.2, 0.25) is 0 Å². The second-order valence-corrected chi connectivity index (χ2v) is 8.89. The molecule has 1 saturated heterocycles. The Morgan fingerprint density at radius 2 is 1.84 bits per heavy atom. The number of phenols is 1. The first-order chi connectivity index (χ1) is 17.2. The molecule has 198 valence electrons. The molecule has 0 amide bonds. The fourth-order valence-electron chi connectivity index (χ4n) is 5.19. The van der Waals surface area contributed by atoms with Crippen molar-refractivity contribution in [2.75, 3.05) is 13.1 Å². The number of hydrogen-bond acceptors (Lipinski definition) is 7. The van der Waals surface area contributed by atoms with E-state index in [1.54, 1.807) is 12.1 Å². The van der Waals surface area contributed by atoms with E-state index in [-0.39, 0.29) is 17.0 Å². The Bertz CT molecular complexity index is 1280. The van der Waals surface area contributed by atoms with Crippen molar-refractivity contribution in [1.29, 1.82) is 0 Å². The number of nitrogens with one attached hydrogen (secondary N) is 1. The third-order valence-corrected chi connectivity index (χ3v) is 6.87. The molecule has 3 heterocycles. The quantitative estimate of drug-likeness (QED) is 0.373. The number of carboxylic acids is 2. The number of piperidine rings is 1. The lowest BCUT2D eigenvalue weighted by Gasteiger charge is -2.45. The summed E-state index contributed by atoms with van der Waals surface area (Å²) in [6, 6.07) is 10.4. The van der Waals surface area contributed by atoms with Gasteiger partial charge in [0, 0.05) is 49.2 Å². The molecule has 6 N–H and O–H groups in total. The van der Waals surface area contributed by atoms with Gasteiger partial charge in [0.25, 0.3) is 0 Å². The van der Waals surface area contributed by atoms with Gasteiger partial charge in [0.15, 0.2) is 5.58 Å². The van der Waals surface area contributed by atoms with Crippen LogP contribution >= 0.6 is 0 Å². The lowest BCUT2D eigenvalue weighted by atomic mass is 9.87. The first-order valence-electron chi connectivity index (χ1n) is 11.7. The summed E-state index contributed by atoms with van der Waals surface area (Å²) in [4.78, 5) is 21.6. The number of carboxylic acid groups (broad SMARTS) is 2. The highest BCUT2D eigenvalue weighted by molar-refractivity contribution is 5.89. The molecule has 0 radical (unpaired) electrons. The van der Waals surface area contributed by atoms with Crippen LogP contribution in [0.4, 0.5) is 4.39 Å². The summed E-state index contributed by atoms with van der Waals surface area (Å²) in [5.74, 6) is -2.18. The molecule has 10 nitrogen and oxygen atoms in total. The molecule has 2 aliphatic rings. The van der Waals surface area contributed by atoms with E-state index in [0.717, 1.165) is 50.0 Å². The highest BCUT2D eigenvalue weighted by atomic mass is 19.1. The van der Waals surface area contributed by atoms with E-state index >= 15 is 0 Å². The van der Waals surface area contributed by atoms with Gasteiger partial charge in [-0.25, -0.2) is 14.0 Å². The molecule has 1 fully saturated rings. The topological polar surface area (TPSA) is 168 Å². The van der Waals surface area contributed by atoms with E-state index in [2.05, 4.69) is 28.4 Å². The van der Waals surface area contributed by atoms with E-state index in [4.69, 9.17) is 14.7 Å². The average molecular weight is 516 g/mol. The van der Waals surface area contributed by atoms with Crippen LogP contribution in [0.2, 0.25) is 0 Å². The summed E-state index contributed by atoms with van der Waals surface area (Å²) in [6.45, 7) is 4.88. The Balaban J connectivity index is 0.000000370. The summed E-state index contributed by atoms with van der Waals surface area (Å²) in [5.41, 5.74) is 3.74. The molecule has 1 unspecified atom stereocenters. The number of halogens is 1. The van der Waals surface area contributed by atoms with Crippen LogP contribution in [0.1, 0.15) is 48.9 Å². The molecular weight excluding hydrogens is 485 g/mol. The predicted octanol–water partition coefficient (Wildman–Crippen LogP) is 3.11. The number of fused-ring (bicyclic) bond motifs is 2. The standard InChI is InChI=1S/C22H24FN3O2.C4H4O4.H2O/c1-2-22(19-6-4-17(27)11-15(19)13-24-22)26-9-7-14(8-10-26)21-18-5-3-16(23)12-20(18)28-25-21;5-3(6)1-2-4(7)8;/h3-6,11-12,14,24,27H,2,7-10,13H2,1H3;1-2H,(H,5,6)(H,7,8);1H2. The Labute approximate surface area is 212 Å². The lowest BCUT2D eigenvalue weighted by Crippen LogP contribution is -2.55. The van der Waals surface area contributed by atoms with Crippen LogP contribution in [0.3, 0.4) is 0 Å². The third-order valence-electron chi connectivity index (χ3n) is 6.87. The maximum atomic E-state index is 13.4. The van der Waals surface area contributed by atoms with E-state index in [1.165, 1.54) is 23.3 Å². The van der Waals surface area contributed by atoms with Crippen molar-refractivity contribution >= 4 is 22.9 Å². The SMILES string of the molecule is CCC1(N2CCC(c3noc4cc(F)ccc34)CC2)NCc2cc(O)ccc21.O.O=C(O)C=CC(=O)O. The van der Waals surface area contributed by atoms with Crippen LogP contribution in [-0.2, 0) is 21.8 Å². The smallest absolute Gasteiger partial charge is 0.328 e. The molecule has 0 spiro atoms. The van der Waals surface area contributed by atoms with E-state index in [0.29, 0.717) is 29.4 Å². The Hall–Kier alpha value is -3.80. The fourth-order valence-corrected chi connectivity index (χ4v) is 5.19. The predicted molar refractivity (Wildman–Crippen MR) is 132 cm³/mol. The molecule has 0 aliphatic carbocycles. The van der Waals surface area contributed by atoms with Crippen molar-refractivity contribution in [2.45, 2.75) is 44.3 Å². The van der Waals surface area contributed by atoms with Crippen LogP contribution in [0.15, 0.2) is 53.1 Å². The number of phenolic OH excluding ortho intramolecular Hbond substituents is 1. The molecule has 0 bridgehead atoms. The second kappa shape index (κ2) is 11.5. The molecule has 1 aromatic heterocycles. The van der Waals surface area contributed by atoms with Gasteiger partial charge in [-0.3, -0.25) is 10.2 Å². The van der Waals surface area contributed by atoms with Crippen molar-refractivity contribution in [3.63, 3.8) is 0 Å². The maximum Gasteiger partial charge on any atom is 0.328 e. The fraction of sp³-hybridized carbons (Fsp3) is 0.346. The number of nitrogens with zero attached hydrogens (tertiary/aromatic N) is 2. The highest BCUT2D eigenvalue weighted by Crippen LogP contribution is 2.42. The van der Waals surface area contributed by atoms with Gasteiger partial charge in [0.1, 0.15) is 11.6 Å². The zero-order valence-corrected chi connectivity index (χ0v) is 20.3. The van der Waals surface area contributed by atoms with Gasteiger partial charge < -0.3 is 25.3 Å². The average Bonchev–Trinajstić information content (AvgIpc) is 3.44. The minimum absolute atomic E-state index is 0. The number of aromatic nitrogens is 1. The molecular formula is C26H30FN3O7. The van der Waals surface area contributed by atoms with Crippen molar-refractivity contribution in [1.82, 2.24) is 15.4 Å². The zero-order chi connectivity index (χ0) is 25.9. The van der Waals surface area contributed by atoms with Crippen LogP contribution < -0.4 is 5.32 Å². The van der Waals surface area contributed by atoms with E-state index in [9.17, 15) is 19.1 Å². The molecule has 11 heteroatoms. The molecule has 3 aromatic rings. The first-order valence-corrected chi connectivity index (χ1v) is 11.7. The normalized spacial score (nSPS) is 19.7. The number of hydrogen-bond donors (Lipinski definition) is 4. The summed E-state index contributed by atoms with van der Waals surface area (Å²) >= 11 is 0. The van der Waals surface area contributed by atoms with Gasteiger partial charge in [-0.2, -0.15) is 0 Å². The number of likely N-dealkylation sites (tertiary alicyclic amines) is 1. The zero-order valence-electron chi connectivity index (χ0n) is 20.3. The lowest BCUT2D eigenvalue weighted by molar-refractivity contribution is -0.134. The van der Waals surface area contributed by atoms with E-state index < -0.39 is 11.9 Å². The van der Waals surface area contributed by atoms with Gasteiger partial charge in [-0.1, -0.05) is 18.1 Å². The number of benzene rings is 2. The molecule has 1 atom stereocenters. The Morgan fingerprint density at radius 1 is 1.16 bits per heavy atom. The summed E-state index contributed by atoms with van der Waals surface area (Å²) < 4.78 is 18.8. The molecule has 2 aliphatic heterocycles. The van der Waals surface area contributed by atoms with Gasteiger partial charge in [0.05, 0.1) is 11.4 Å². The van der Waals surface area contributed by atoms with Crippen LogP contribution in [0.25, 0.3) is 11.0 Å². The van der Waals surface area contributed by atoms with Gasteiger partial charge in [-0.15, -0.1) is 0 Å². The van der Waals surface area contributed by atoms with Crippen molar-refractivity contribution < 1.29 is 39.3 Å². The summed E-state index contributed by atoms with van der Waals surface area (Å²) in [6.07, 6.45) is 4.04. The molecule has 0 saturated carbocycles. The summed E-state index contributed by atoms with van der Waals surface area (Å²) in [7, 11) is 0. The maximum absolute atomic E-state index is 13.4. The number of rotatable bonds is 5. The van der Waals surface area contributed by atoms with Crippen LogP contribution in [0.5, 0.6) is 5.75 Å². The minimum Gasteiger partial charge on any atom is -0.508 e. The van der Waals surface area contributed by atoms with Crippen LogP contribution in [0, 0.1) is 5.82 Å². The summed E-state index contributed by atoms with van der Waals surface area (Å²) in [5, 5.41) is 34.3. The van der Waals surface area contributed by atoms with E-state index in [1.807, 2.05) is 6.07 Å². The largest absolute Gasteiger partial charge is 0.508 e. The minimum atomic E-state index is -1.26. The van der Waals surface area contributed by atoms with Crippen LogP contribution in [-0.4, -0.2) is 55.9 Å². The monoisotopic (exact) mass is 515 g/mol.